The quantitative estimate of drug-likeness (QED) is 0.514. The van der Waals surface area contributed by atoms with Crippen LogP contribution in [0.1, 0.15) is 23.6 Å². The lowest BCUT2D eigenvalue weighted by atomic mass is 9.67. The summed E-state index contributed by atoms with van der Waals surface area (Å²) in [6, 6.07) is 12.7. The highest BCUT2D eigenvalue weighted by Crippen LogP contribution is 2.49. The molecule has 7 nitrogen and oxygen atoms in total. The summed E-state index contributed by atoms with van der Waals surface area (Å²) in [7, 11) is 0. The number of benzene rings is 2. The summed E-state index contributed by atoms with van der Waals surface area (Å²) >= 11 is 0. The van der Waals surface area contributed by atoms with E-state index in [0.717, 1.165) is 17.3 Å². The molecule has 6 rings (SSSR count). The first-order chi connectivity index (χ1) is 17.7. The Morgan fingerprint density at radius 2 is 1.73 bits per heavy atom. The number of alkyl halides is 3. The van der Waals surface area contributed by atoms with Crippen LogP contribution in [0.5, 0.6) is 0 Å². The second kappa shape index (κ2) is 8.29. The molecule has 37 heavy (non-hydrogen) atoms. The van der Waals surface area contributed by atoms with E-state index in [1.807, 2.05) is 36.1 Å². The fraction of sp³-hybridized carbons (Fsp3) is 0.333. The summed E-state index contributed by atoms with van der Waals surface area (Å²) in [5, 5.41) is 6.09. The summed E-state index contributed by atoms with van der Waals surface area (Å²) < 4.78 is 40.9. The van der Waals surface area contributed by atoms with Gasteiger partial charge in [0.05, 0.1) is 23.0 Å². The van der Waals surface area contributed by atoms with Crippen molar-refractivity contribution in [1.29, 1.82) is 0 Å². The predicted octanol–water partition coefficient (Wildman–Crippen LogP) is 4.46. The zero-order chi connectivity index (χ0) is 25.9. The molecule has 190 valence electrons. The molecule has 0 saturated carbocycles. The monoisotopic (exact) mass is 506 g/mol. The molecule has 1 aromatic heterocycles. The molecule has 4 heterocycles. The minimum Gasteiger partial charge on any atom is -0.363 e. The van der Waals surface area contributed by atoms with E-state index in [2.05, 4.69) is 20.0 Å². The van der Waals surface area contributed by atoms with Crippen LogP contribution in [0.25, 0.3) is 0 Å². The van der Waals surface area contributed by atoms with E-state index >= 15 is 0 Å². The molecule has 10 heteroatoms. The molecule has 1 amide bonds. The van der Waals surface area contributed by atoms with Crippen molar-refractivity contribution in [2.45, 2.75) is 32.5 Å². The SMILES string of the molecule is CC1=NN(c2ccc(C)cc2)C(=O)[C@]12Cc1cc(C(F)(F)F)ccc1N1CCN(c3ncccn3)C[C@@H]12. The number of anilines is 3. The molecule has 1 spiro atoms. The lowest BCUT2D eigenvalue weighted by Crippen LogP contribution is -2.67. The van der Waals surface area contributed by atoms with Gasteiger partial charge in [0.2, 0.25) is 5.95 Å². The van der Waals surface area contributed by atoms with Crippen LogP contribution < -0.4 is 14.8 Å². The van der Waals surface area contributed by atoms with E-state index in [0.29, 0.717) is 42.5 Å². The summed E-state index contributed by atoms with van der Waals surface area (Å²) in [4.78, 5) is 27.2. The Morgan fingerprint density at radius 1 is 1.00 bits per heavy atom. The minimum atomic E-state index is -4.47. The number of hydrazone groups is 1. The van der Waals surface area contributed by atoms with E-state index < -0.39 is 17.2 Å². The normalized spacial score (nSPS) is 23.3. The third-order valence-electron chi connectivity index (χ3n) is 7.72. The van der Waals surface area contributed by atoms with E-state index in [4.69, 9.17) is 0 Å². The van der Waals surface area contributed by atoms with Gasteiger partial charge in [-0.15, -0.1) is 0 Å². The molecule has 2 aromatic carbocycles. The molecule has 0 aliphatic carbocycles. The Balaban J connectivity index is 1.47. The number of hydrogen-bond donors (Lipinski definition) is 0. The van der Waals surface area contributed by atoms with Gasteiger partial charge in [0.25, 0.3) is 5.91 Å². The number of carbonyl (C=O) groups is 1. The van der Waals surface area contributed by atoms with Gasteiger partial charge < -0.3 is 9.80 Å². The number of fused-ring (bicyclic) bond motifs is 4. The smallest absolute Gasteiger partial charge is 0.363 e. The van der Waals surface area contributed by atoms with Crippen molar-refractivity contribution >= 4 is 28.9 Å². The number of amides is 1. The zero-order valence-corrected chi connectivity index (χ0v) is 20.4. The lowest BCUT2D eigenvalue weighted by Gasteiger charge is -2.53. The molecule has 3 aliphatic heterocycles. The Bertz CT molecular complexity index is 1390. The van der Waals surface area contributed by atoms with E-state index in [1.54, 1.807) is 25.4 Å². The van der Waals surface area contributed by atoms with Gasteiger partial charge in [0, 0.05) is 37.7 Å². The third-order valence-corrected chi connectivity index (χ3v) is 7.72. The molecule has 0 unspecified atom stereocenters. The molecule has 3 aliphatic rings. The number of carbonyl (C=O) groups excluding carboxylic acids is 1. The molecule has 1 fully saturated rings. The highest BCUT2D eigenvalue weighted by molar-refractivity contribution is 6.20. The second-order valence-corrected chi connectivity index (χ2v) is 9.83. The van der Waals surface area contributed by atoms with Crippen LogP contribution in [0.3, 0.4) is 0 Å². The van der Waals surface area contributed by atoms with Crippen LogP contribution in [-0.4, -0.2) is 47.3 Å². The van der Waals surface area contributed by atoms with Crippen LogP contribution in [-0.2, 0) is 17.4 Å². The van der Waals surface area contributed by atoms with Gasteiger partial charge in [-0.25, -0.2) is 9.97 Å². The van der Waals surface area contributed by atoms with Gasteiger partial charge in [0.15, 0.2) is 0 Å². The number of aromatic nitrogens is 2. The van der Waals surface area contributed by atoms with Crippen LogP contribution >= 0.6 is 0 Å². The summed E-state index contributed by atoms with van der Waals surface area (Å²) in [6.07, 6.45) is -0.996. The number of aryl methyl sites for hydroxylation is 1. The first kappa shape index (κ1) is 23.4. The fourth-order valence-electron chi connectivity index (χ4n) is 5.81. The summed E-state index contributed by atoms with van der Waals surface area (Å²) in [5.41, 5.74) is 1.66. The average molecular weight is 507 g/mol. The molecule has 2 atom stereocenters. The Kier molecular flexibility index (Phi) is 5.25. The number of nitrogens with zero attached hydrogens (tertiary/aromatic N) is 6. The molecular formula is C27H25F3N6O. The predicted molar refractivity (Wildman–Crippen MR) is 135 cm³/mol. The number of hydrogen-bond acceptors (Lipinski definition) is 6. The zero-order valence-electron chi connectivity index (χ0n) is 20.4. The Morgan fingerprint density at radius 3 is 2.43 bits per heavy atom. The second-order valence-electron chi connectivity index (χ2n) is 9.83. The van der Waals surface area contributed by atoms with Gasteiger partial charge in [-0.2, -0.15) is 23.3 Å². The first-order valence-corrected chi connectivity index (χ1v) is 12.1. The minimum absolute atomic E-state index is 0.132. The lowest BCUT2D eigenvalue weighted by molar-refractivity contribution is -0.137. The van der Waals surface area contributed by atoms with Gasteiger partial charge in [-0.1, -0.05) is 17.7 Å². The number of piperazine rings is 1. The fourth-order valence-corrected chi connectivity index (χ4v) is 5.81. The van der Waals surface area contributed by atoms with Crippen molar-refractivity contribution in [3.63, 3.8) is 0 Å². The summed E-state index contributed by atoms with van der Waals surface area (Å²) in [5.74, 6) is 0.327. The molecule has 0 N–H and O–H groups in total. The maximum Gasteiger partial charge on any atom is 0.416 e. The Labute approximate surface area is 212 Å². The maximum atomic E-state index is 14.3. The highest BCUT2D eigenvalue weighted by atomic mass is 19.4. The van der Waals surface area contributed by atoms with Gasteiger partial charge in [-0.05, 0) is 62.2 Å². The summed E-state index contributed by atoms with van der Waals surface area (Å²) in [6.45, 7) is 5.28. The number of rotatable bonds is 2. The van der Waals surface area contributed by atoms with Crippen LogP contribution in [0.2, 0.25) is 0 Å². The van der Waals surface area contributed by atoms with Gasteiger partial charge >= 0.3 is 6.18 Å². The van der Waals surface area contributed by atoms with Crippen LogP contribution in [0.15, 0.2) is 66.0 Å². The molecule has 0 radical (unpaired) electrons. The molecule has 0 bridgehead atoms. The van der Waals surface area contributed by atoms with E-state index in [9.17, 15) is 18.0 Å². The van der Waals surface area contributed by atoms with Crippen LogP contribution in [0, 0.1) is 12.3 Å². The van der Waals surface area contributed by atoms with Gasteiger partial charge in [-0.3, -0.25) is 4.79 Å². The van der Waals surface area contributed by atoms with Crippen molar-refractivity contribution in [3.8, 4) is 0 Å². The topological polar surface area (TPSA) is 64.9 Å². The first-order valence-electron chi connectivity index (χ1n) is 12.1. The van der Waals surface area contributed by atoms with Crippen molar-refractivity contribution in [2.75, 3.05) is 34.4 Å². The van der Waals surface area contributed by atoms with Crippen molar-refractivity contribution in [3.05, 3.63) is 77.6 Å². The van der Waals surface area contributed by atoms with E-state index in [-0.39, 0.29) is 18.4 Å². The molecular weight excluding hydrogens is 481 g/mol. The highest BCUT2D eigenvalue weighted by Gasteiger charge is 2.60. The standard InChI is InChI=1S/C27H25F3N6O/c1-17-4-7-21(8-5-17)36-24(37)26(18(2)33-36)15-19-14-20(27(28,29)30)6-9-22(19)35-13-12-34(16-23(26)35)25-31-10-3-11-32-25/h3-11,14,23H,12-13,15-16H2,1-2H3/t23-,26-/m1/s1. The average Bonchev–Trinajstić information content (AvgIpc) is 3.14. The van der Waals surface area contributed by atoms with Gasteiger partial charge in [0.1, 0.15) is 5.41 Å². The molecule has 1 saturated heterocycles. The van der Waals surface area contributed by atoms with Crippen molar-refractivity contribution < 1.29 is 18.0 Å². The molecule has 3 aromatic rings. The Hall–Kier alpha value is -3.95. The largest absolute Gasteiger partial charge is 0.416 e. The van der Waals surface area contributed by atoms with E-state index in [1.165, 1.54) is 17.1 Å². The van der Waals surface area contributed by atoms with Crippen LogP contribution in [0.4, 0.5) is 30.5 Å². The third kappa shape index (κ3) is 3.65. The maximum absolute atomic E-state index is 14.3. The number of halogens is 3. The van der Waals surface area contributed by atoms with Crippen molar-refractivity contribution in [1.82, 2.24) is 9.97 Å². The van der Waals surface area contributed by atoms with Crippen molar-refractivity contribution in [2.24, 2.45) is 10.5 Å².